The van der Waals surface area contributed by atoms with E-state index in [2.05, 4.69) is 0 Å². The van der Waals surface area contributed by atoms with E-state index in [-0.39, 0.29) is 41.8 Å². The Morgan fingerprint density at radius 3 is 2.11 bits per heavy atom. The average Bonchev–Trinajstić information content (AvgIpc) is 3.19. The fraction of sp³-hybridized carbons (Fsp3) is 0.409. The van der Waals surface area contributed by atoms with Crippen molar-refractivity contribution in [3.8, 4) is 0 Å². The summed E-state index contributed by atoms with van der Waals surface area (Å²) in [5, 5.41) is 19.4. The molecule has 6 nitrogen and oxygen atoms in total. The molecule has 1 saturated heterocycles. The van der Waals surface area contributed by atoms with Gasteiger partial charge in [-0.3, -0.25) is 0 Å². The Balaban J connectivity index is 1.97. The van der Waals surface area contributed by atoms with Crippen molar-refractivity contribution in [2.75, 3.05) is 6.54 Å². The molecule has 2 N–H and O–H groups in total. The summed E-state index contributed by atoms with van der Waals surface area (Å²) in [6.07, 6.45) is -14.5. The highest BCUT2D eigenvalue weighted by Gasteiger charge is 2.71. The second-order valence-electron chi connectivity index (χ2n) is 8.71. The maximum absolute atomic E-state index is 13.9. The topological polar surface area (TPSA) is 94.9 Å². The van der Waals surface area contributed by atoms with Crippen LogP contribution in [0.5, 0.6) is 0 Å². The normalized spacial score (nSPS) is 22.8. The highest BCUT2D eigenvalue weighted by atomic mass is 32.2. The molecule has 2 aromatic rings. The largest absolute Gasteiger partial charge is 0.465 e. The number of halogens is 7. The van der Waals surface area contributed by atoms with Gasteiger partial charge < -0.3 is 15.1 Å². The van der Waals surface area contributed by atoms with Gasteiger partial charge in [-0.25, -0.2) is 17.6 Å². The predicted molar refractivity (Wildman–Crippen MR) is 109 cm³/mol. The number of nitrogens with zero attached hydrogens (tertiary/aromatic N) is 1. The van der Waals surface area contributed by atoms with Crippen LogP contribution in [-0.4, -0.2) is 54.6 Å². The summed E-state index contributed by atoms with van der Waals surface area (Å²) in [6.45, 7) is -0.267. The standard InChI is InChI=1S/C22H18F7NO5S/c23-14-3-5-15(6-4-14)36(34,35)19-9-10-30(18(31)32)17(19)8-1-12-11-13(2-7-16(12)19)20(33,21(24,25)26)22(27,28)29/h2-7,11,17,33H,1,8-10H2,(H,31,32)/t17-,19-/m1/s1. The van der Waals surface area contributed by atoms with Crippen molar-refractivity contribution < 1.29 is 54.2 Å². The van der Waals surface area contributed by atoms with Crippen molar-refractivity contribution in [1.29, 1.82) is 0 Å². The first-order chi connectivity index (χ1) is 16.5. The van der Waals surface area contributed by atoms with Crippen LogP contribution >= 0.6 is 0 Å². The van der Waals surface area contributed by atoms with E-state index >= 15 is 0 Å². The van der Waals surface area contributed by atoms with Gasteiger partial charge in [-0.05, 0) is 54.7 Å². The number of hydrogen-bond donors (Lipinski definition) is 2. The SMILES string of the molecule is O=C(O)N1CC[C@@]2(S(=O)(=O)c3ccc(F)cc3)c3ccc(C(O)(C(F)(F)F)C(F)(F)F)cc3CC[C@@H]12. The van der Waals surface area contributed by atoms with Gasteiger partial charge in [0, 0.05) is 12.1 Å². The lowest BCUT2D eigenvalue weighted by atomic mass is 9.76. The number of aryl methyl sites for hydroxylation is 1. The summed E-state index contributed by atoms with van der Waals surface area (Å²) in [6, 6.07) is 4.03. The third-order valence-electron chi connectivity index (χ3n) is 6.97. The lowest BCUT2D eigenvalue weighted by molar-refractivity contribution is -0.376. The minimum absolute atomic E-state index is 0.165. The van der Waals surface area contributed by atoms with Gasteiger partial charge in [-0.2, -0.15) is 26.3 Å². The van der Waals surface area contributed by atoms with Gasteiger partial charge in [0.15, 0.2) is 9.84 Å². The maximum atomic E-state index is 13.9. The highest BCUT2D eigenvalue weighted by Crippen LogP contribution is 2.55. The summed E-state index contributed by atoms with van der Waals surface area (Å²) in [5.41, 5.74) is -7.12. The molecule has 14 heteroatoms. The molecule has 196 valence electrons. The van der Waals surface area contributed by atoms with Crippen LogP contribution in [0.1, 0.15) is 29.5 Å². The van der Waals surface area contributed by atoms with Crippen molar-refractivity contribution in [2.24, 2.45) is 0 Å². The van der Waals surface area contributed by atoms with Gasteiger partial charge in [0.2, 0.25) is 0 Å². The van der Waals surface area contributed by atoms with Crippen molar-refractivity contribution in [3.05, 3.63) is 65.0 Å². The number of likely N-dealkylation sites (tertiary alicyclic amines) is 1. The number of amides is 1. The summed E-state index contributed by atoms with van der Waals surface area (Å²) in [4.78, 5) is 12.3. The van der Waals surface area contributed by atoms with E-state index in [9.17, 15) is 54.2 Å². The lowest BCUT2D eigenvalue weighted by Gasteiger charge is -2.42. The fourth-order valence-electron chi connectivity index (χ4n) is 5.29. The molecule has 0 unspecified atom stereocenters. The first-order valence-electron chi connectivity index (χ1n) is 10.5. The number of carboxylic acid groups (broad SMARTS) is 1. The molecule has 36 heavy (non-hydrogen) atoms. The second-order valence-corrected chi connectivity index (χ2v) is 10.9. The van der Waals surface area contributed by atoms with Crippen LogP contribution in [0.3, 0.4) is 0 Å². The minimum atomic E-state index is -6.14. The number of carbonyl (C=O) groups is 1. The van der Waals surface area contributed by atoms with E-state index in [0.717, 1.165) is 35.2 Å². The molecule has 0 spiro atoms. The Morgan fingerprint density at radius 2 is 1.58 bits per heavy atom. The van der Waals surface area contributed by atoms with E-state index in [4.69, 9.17) is 0 Å². The van der Waals surface area contributed by atoms with Crippen LogP contribution in [0, 0.1) is 5.82 Å². The molecule has 0 bridgehead atoms. The van der Waals surface area contributed by atoms with Crippen LogP contribution < -0.4 is 0 Å². The zero-order valence-electron chi connectivity index (χ0n) is 18.1. The molecule has 0 saturated carbocycles. The maximum Gasteiger partial charge on any atom is 0.430 e. The second kappa shape index (κ2) is 8.07. The van der Waals surface area contributed by atoms with Crippen LogP contribution in [0.15, 0.2) is 47.4 Å². The van der Waals surface area contributed by atoms with Crippen LogP contribution in [0.4, 0.5) is 35.5 Å². The molecule has 1 aliphatic carbocycles. The fourth-order valence-corrected chi connectivity index (χ4v) is 7.66. The zero-order chi connectivity index (χ0) is 26.9. The lowest BCUT2D eigenvalue weighted by Crippen LogP contribution is -2.54. The Hall–Kier alpha value is -2.87. The van der Waals surface area contributed by atoms with Gasteiger partial charge in [-0.15, -0.1) is 0 Å². The third-order valence-corrected chi connectivity index (χ3v) is 9.52. The number of hydrogen-bond acceptors (Lipinski definition) is 4. The number of sulfone groups is 1. The Kier molecular flexibility index (Phi) is 5.87. The Bertz CT molecular complexity index is 1290. The summed E-state index contributed by atoms with van der Waals surface area (Å²) in [5.74, 6) is -0.756. The Labute approximate surface area is 199 Å². The first-order valence-corrected chi connectivity index (χ1v) is 12.0. The molecular weight excluding hydrogens is 523 g/mol. The molecular formula is C22H18F7NO5S. The number of aliphatic hydroxyl groups is 1. The van der Waals surface area contributed by atoms with E-state index in [1.165, 1.54) is 0 Å². The van der Waals surface area contributed by atoms with Gasteiger partial charge in [0.1, 0.15) is 10.6 Å². The molecule has 2 atom stereocenters. The van der Waals surface area contributed by atoms with E-state index in [0.29, 0.717) is 12.1 Å². The van der Waals surface area contributed by atoms with Crippen molar-refractivity contribution >= 4 is 15.9 Å². The number of fused-ring (bicyclic) bond motifs is 3. The molecule has 1 heterocycles. The molecule has 1 amide bonds. The van der Waals surface area contributed by atoms with E-state index < -0.39 is 56.1 Å². The summed E-state index contributed by atoms with van der Waals surface area (Å²) >= 11 is 0. The summed E-state index contributed by atoms with van der Waals surface area (Å²) < 4.78 is 120. The van der Waals surface area contributed by atoms with Gasteiger partial charge in [0.05, 0.1) is 10.9 Å². The molecule has 2 aromatic carbocycles. The highest BCUT2D eigenvalue weighted by molar-refractivity contribution is 7.92. The zero-order valence-corrected chi connectivity index (χ0v) is 18.9. The monoisotopic (exact) mass is 541 g/mol. The molecule has 0 radical (unpaired) electrons. The summed E-state index contributed by atoms with van der Waals surface area (Å²) in [7, 11) is -4.54. The van der Waals surface area contributed by atoms with Gasteiger partial charge >= 0.3 is 18.4 Å². The van der Waals surface area contributed by atoms with Crippen molar-refractivity contribution in [1.82, 2.24) is 4.90 Å². The molecule has 1 fully saturated rings. The van der Waals surface area contributed by atoms with Crippen LogP contribution in [0.25, 0.3) is 0 Å². The molecule has 0 aromatic heterocycles. The molecule has 1 aliphatic heterocycles. The quantitative estimate of drug-likeness (QED) is 0.441. The third kappa shape index (κ3) is 3.48. The number of benzene rings is 2. The van der Waals surface area contributed by atoms with Gasteiger partial charge in [0.25, 0.3) is 5.60 Å². The van der Waals surface area contributed by atoms with E-state index in [1.807, 2.05) is 0 Å². The van der Waals surface area contributed by atoms with Gasteiger partial charge in [-0.1, -0.05) is 18.2 Å². The van der Waals surface area contributed by atoms with Crippen LogP contribution in [-0.2, 0) is 26.6 Å². The minimum Gasteiger partial charge on any atom is -0.465 e. The Morgan fingerprint density at radius 1 is 1.00 bits per heavy atom. The number of rotatable bonds is 3. The number of alkyl halides is 6. The van der Waals surface area contributed by atoms with E-state index in [1.54, 1.807) is 0 Å². The molecule has 2 aliphatic rings. The predicted octanol–water partition coefficient (Wildman–Crippen LogP) is 4.51. The smallest absolute Gasteiger partial charge is 0.430 e. The van der Waals surface area contributed by atoms with Crippen LogP contribution in [0.2, 0.25) is 0 Å². The van der Waals surface area contributed by atoms with Crippen molar-refractivity contribution in [3.63, 3.8) is 0 Å². The van der Waals surface area contributed by atoms with Crippen molar-refractivity contribution in [2.45, 2.75) is 52.9 Å². The molecule has 4 rings (SSSR count). The first kappa shape index (κ1) is 26.2. The average molecular weight is 541 g/mol.